The molecule has 0 fully saturated rings. The molecule has 1 heterocycles. The molecule has 1 atom stereocenters. The zero-order chi connectivity index (χ0) is 16.2. The molecule has 1 aromatic heterocycles. The van der Waals surface area contributed by atoms with E-state index in [1.54, 1.807) is 38.3 Å². The van der Waals surface area contributed by atoms with Gasteiger partial charge in [-0.3, -0.25) is 10.1 Å². The predicted molar refractivity (Wildman–Crippen MR) is 87.8 cm³/mol. The Morgan fingerprint density at radius 2 is 1.83 bits per heavy atom. The molecule has 2 N–H and O–H groups in total. The van der Waals surface area contributed by atoms with Crippen molar-refractivity contribution in [1.29, 1.82) is 0 Å². The van der Waals surface area contributed by atoms with Crippen molar-refractivity contribution in [2.75, 3.05) is 12.4 Å². The van der Waals surface area contributed by atoms with Gasteiger partial charge in [0, 0.05) is 0 Å². The van der Waals surface area contributed by atoms with E-state index in [9.17, 15) is 4.79 Å². The largest absolute Gasteiger partial charge is 0.497 e. The molecule has 1 amide bonds. The van der Waals surface area contributed by atoms with E-state index in [2.05, 4.69) is 15.3 Å². The molecule has 0 aliphatic carbocycles. The number of carbonyl (C=O) groups is 1. The van der Waals surface area contributed by atoms with Crippen LogP contribution in [-0.4, -0.2) is 29.1 Å². The Morgan fingerprint density at radius 1 is 1.13 bits per heavy atom. The van der Waals surface area contributed by atoms with Gasteiger partial charge in [0.05, 0.1) is 18.1 Å². The number of para-hydroxylation sites is 2. The third-order valence-electron chi connectivity index (χ3n) is 3.37. The van der Waals surface area contributed by atoms with Crippen LogP contribution in [0.15, 0.2) is 48.5 Å². The number of anilines is 1. The molecule has 1 unspecified atom stereocenters. The lowest BCUT2D eigenvalue weighted by atomic mass is 10.3. The first kappa shape index (κ1) is 14.9. The maximum atomic E-state index is 12.2. The van der Waals surface area contributed by atoms with Crippen molar-refractivity contribution >= 4 is 22.9 Å². The van der Waals surface area contributed by atoms with Crippen LogP contribution in [0, 0.1) is 0 Å². The molecule has 118 valence electrons. The molecule has 3 aromatic rings. The molecule has 6 nitrogen and oxygen atoms in total. The van der Waals surface area contributed by atoms with Gasteiger partial charge in [-0.2, -0.15) is 0 Å². The van der Waals surface area contributed by atoms with Gasteiger partial charge in [-0.05, 0) is 43.3 Å². The second-order valence-corrected chi connectivity index (χ2v) is 5.03. The SMILES string of the molecule is COc1ccc(OC(C)C(=O)Nc2nc3ccccc3[nH]2)cc1. The average molecular weight is 311 g/mol. The van der Waals surface area contributed by atoms with Crippen LogP contribution < -0.4 is 14.8 Å². The minimum atomic E-state index is -0.656. The van der Waals surface area contributed by atoms with E-state index in [1.165, 1.54) is 0 Å². The van der Waals surface area contributed by atoms with Gasteiger partial charge in [-0.15, -0.1) is 0 Å². The standard InChI is InChI=1S/C17H17N3O3/c1-11(23-13-9-7-12(22-2)8-10-13)16(21)20-17-18-14-5-3-4-6-15(14)19-17/h3-11H,1-2H3,(H2,18,19,20,21). The lowest BCUT2D eigenvalue weighted by Crippen LogP contribution is -2.30. The third kappa shape index (κ3) is 3.42. The minimum absolute atomic E-state index is 0.278. The molecule has 23 heavy (non-hydrogen) atoms. The van der Waals surface area contributed by atoms with Crippen molar-refractivity contribution in [2.24, 2.45) is 0 Å². The first-order chi connectivity index (χ1) is 11.2. The van der Waals surface area contributed by atoms with Crippen LogP contribution in [0.4, 0.5) is 5.95 Å². The first-order valence-corrected chi connectivity index (χ1v) is 7.22. The zero-order valence-corrected chi connectivity index (χ0v) is 12.9. The summed E-state index contributed by atoms with van der Waals surface area (Å²) >= 11 is 0. The highest BCUT2D eigenvalue weighted by atomic mass is 16.5. The highest BCUT2D eigenvalue weighted by molar-refractivity contribution is 5.94. The number of ether oxygens (including phenoxy) is 2. The molecule has 0 spiro atoms. The lowest BCUT2D eigenvalue weighted by Gasteiger charge is -2.14. The summed E-state index contributed by atoms with van der Waals surface area (Å²) in [6.45, 7) is 1.68. The van der Waals surface area contributed by atoms with Crippen molar-refractivity contribution in [1.82, 2.24) is 9.97 Å². The molecular formula is C17H17N3O3. The quantitative estimate of drug-likeness (QED) is 0.759. The summed E-state index contributed by atoms with van der Waals surface area (Å²) in [5, 5.41) is 2.72. The predicted octanol–water partition coefficient (Wildman–Crippen LogP) is 2.98. The van der Waals surface area contributed by atoms with Gasteiger partial charge < -0.3 is 14.5 Å². The second-order valence-electron chi connectivity index (χ2n) is 5.03. The van der Waals surface area contributed by atoms with Gasteiger partial charge in [0.25, 0.3) is 5.91 Å². The molecule has 0 radical (unpaired) electrons. The molecule has 0 aliphatic heterocycles. The Bertz CT molecular complexity index is 778. The Morgan fingerprint density at radius 3 is 2.52 bits per heavy atom. The van der Waals surface area contributed by atoms with Gasteiger partial charge in [-0.1, -0.05) is 12.1 Å². The number of nitrogens with zero attached hydrogens (tertiary/aromatic N) is 1. The summed E-state index contributed by atoms with van der Waals surface area (Å²) in [5.74, 6) is 1.45. The zero-order valence-electron chi connectivity index (χ0n) is 12.9. The van der Waals surface area contributed by atoms with Crippen LogP contribution in [0.3, 0.4) is 0 Å². The molecule has 0 bridgehead atoms. The lowest BCUT2D eigenvalue weighted by molar-refractivity contribution is -0.122. The van der Waals surface area contributed by atoms with Gasteiger partial charge in [0.2, 0.25) is 5.95 Å². The van der Waals surface area contributed by atoms with E-state index in [4.69, 9.17) is 9.47 Å². The molecule has 3 rings (SSSR count). The average Bonchev–Trinajstić information content (AvgIpc) is 2.97. The molecule has 2 aromatic carbocycles. The monoisotopic (exact) mass is 311 g/mol. The van der Waals surface area contributed by atoms with Crippen LogP contribution >= 0.6 is 0 Å². The Labute approximate surface area is 133 Å². The fourth-order valence-corrected chi connectivity index (χ4v) is 2.14. The van der Waals surface area contributed by atoms with Crippen LogP contribution in [-0.2, 0) is 4.79 Å². The number of aromatic amines is 1. The summed E-state index contributed by atoms with van der Waals surface area (Å²) in [7, 11) is 1.60. The Kier molecular flexibility index (Phi) is 4.14. The maximum Gasteiger partial charge on any atom is 0.267 e. The topological polar surface area (TPSA) is 76.2 Å². The number of benzene rings is 2. The second kappa shape index (κ2) is 6.39. The van der Waals surface area contributed by atoms with Gasteiger partial charge >= 0.3 is 0 Å². The van der Waals surface area contributed by atoms with E-state index in [-0.39, 0.29) is 5.91 Å². The van der Waals surface area contributed by atoms with Crippen molar-refractivity contribution in [2.45, 2.75) is 13.0 Å². The number of aromatic nitrogens is 2. The molecule has 0 aliphatic rings. The third-order valence-corrected chi connectivity index (χ3v) is 3.37. The molecular weight excluding hydrogens is 294 g/mol. The van der Waals surface area contributed by atoms with Crippen molar-refractivity contribution in [3.8, 4) is 11.5 Å². The number of imidazole rings is 1. The van der Waals surface area contributed by atoms with E-state index < -0.39 is 6.10 Å². The van der Waals surface area contributed by atoms with E-state index in [0.29, 0.717) is 11.7 Å². The first-order valence-electron chi connectivity index (χ1n) is 7.22. The Hall–Kier alpha value is -3.02. The fourth-order valence-electron chi connectivity index (χ4n) is 2.14. The number of H-pyrrole nitrogens is 1. The smallest absolute Gasteiger partial charge is 0.267 e. The summed E-state index contributed by atoms with van der Waals surface area (Å²) in [6.07, 6.45) is -0.656. The summed E-state index contributed by atoms with van der Waals surface area (Å²) in [4.78, 5) is 19.5. The van der Waals surface area contributed by atoms with Crippen LogP contribution in [0.25, 0.3) is 11.0 Å². The van der Waals surface area contributed by atoms with Crippen LogP contribution in [0.1, 0.15) is 6.92 Å². The number of hydrogen-bond donors (Lipinski definition) is 2. The maximum absolute atomic E-state index is 12.2. The highest BCUT2D eigenvalue weighted by Gasteiger charge is 2.16. The molecule has 0 saturated carbocycles. The van der Waals surface area contributed by atoms with Gasteiger partial charge in [0.15, 0.2) is 6.10 Å². The fraction of sp³-hybridized carbons (Fsp3) is 0.176. The number of carbonyl (C=O) groups excluding carboxylic acids is 1. The van der Waals surface area contributed by atoms with Gasteiger partial charge in [0.1, 0.15) is 11.5 Å². The normalized spacial score (nSPS) is 11.9. The van der Waals surface area contributed by atoms with E-state index >= 15 is 0 Å². The Balaban J connectivity index is 1.64. The van der Waals surface area contributed by atoms with Crippen molar-refractivity contribution in [3.05, 3.63) is 48.5 Å². The number of methoxy groups -OCH3 is 1. The van der Waals surface area contributed by atoms with Gasteiger partial charge in [-0.25, -0.2) is 4.98 Å². The summed E-state index contributed by atoms with van der Waals surface area (Å²) < 4.78 is 10.7. The van der Waals surface area contributed by atoms with Crippen molar-refractivity contribution < 1.29 is 14.3 Å². The number of amides is 1. The van der Waals surface area contributed by atoms with Crippen LogP contribution in [0.2, 0.25) is 0 Å². The number of rotatable bonds is 5. The highest BCUT2D eigenvalue weighted by Crippen LogP contribution is 2.19. The van der Waals surface area contributed by atoms with E-state index in [1.807, 2.05) is 24.3 Å². The molecule has 0 saturated heterocycles. The minimum Gasteiger partial charge on any atom is -0.497 e. The number of nitrogens with one attached hydrogen (secondary N) is 2. The van der Waals surface area contributed by atoms with E-state index in [0.717, 1.165) is 16.8 Å². The summed E-state index contributed by atoms with van der Waals surface area (Å²) in [5.41, 5.74) is 1.66. The van der Waals surface area contributed by atoms with Crippen LogP contribution in [0.5, 0.6) is 11.5 Å². The summed E-state index contributed by atoms with van der Waals surface area (Å²) in [6, 6.07) is 14.6. The number of fused-ring (bicyclic) bond motifs is 1. The molecule has 6 heteroatoms. The number of hydrogen-bond acceptors (Lipinski definition) is 4. The van der Waals surface area contributed by atoms with Crippen molar-refractivity contribution in [3.63, 3.8) is 0 Å².